The molecule has 4 rings (SSSR count). The third-order valence-electron chi connectivity index (χ3n) is 6.60. The van der Waals surface area contributed by atoms with Crippen molar-refractivity contribution in [3.05, 3.63) is 36.2 Å². The molecular formula is C23H25F3N4O4S. The SMILES string of the molecule is COCCn1cc(-c2ccc(S(=O)(=O)[C@@H]3CC[C@@H](C(=O)NC4(C#N)CC4)C3)c(C(F)(F)F)c2)cn1. The highest BCUT2D eigenvalue weighted by Gasteiger charge is 2.48. The summed E-state index contributed by atoms with van der Waals surface area (Å²) in [6.07, 6.45) is -0.620. The number of hydrogen-bond donors (Lipinski definition) is 1. The van der Waals surface area contributed by atoms with Crippen LogP contribution in [0, 0.1) is 17.2 Å². The Morgan fingerprint density at radius 2 is 2.06 bits per heavy atom. The van der Waals surface area contributed by atoms with Gasteiger partial charge in [-0.25, -0.2) is 8.42 Å². The first-order chi connectivity index (χ1) is 16.5. The number of halogens is 3. The Morgan fingerprint density at radius 1 is 1.31 bits per heavy atom. The summed E-state index contributed by atoms with van der Waals surface area (Å²) in [5.41, 5.74) is -1.52. The van der Waals surface area contributed by atoms with Crippen LogP contribution in [-0.2, 0) is 32.1 Å². The first kappa shape index (κ1) is 25.2. The lowest BCUT2D eigenvalue weighted by molar-refractivity contribution is -0.139. The molecule has 0 bridgehead atoms. The lowest BCUT2D eigenvalue weighted by Crippen LogP contribution is -2.39. The molecule has 1 aromatic heterocycles. The van der Waals surface area contributed by atoms with Crippen molar-refractivity contribution in [3.63, 3.8) is 0 Å². The van der Waals surface area contributed by atoms with E-state index >= 15 is 0 Å². The second kappa shape index (κ2) is 9.28. The molecule has 0 aliphatic heterocycles. The molecule has 8 nitrogen and oxygen atoms in total. The molecule has 1 N–H and O–H groups in total. The van der Waals surface area contributed by atoms with Crippen LogP contribution in [0.2, 0.25) is 0 Å². The Kier molecular flexibility index (Phi) is 6.68. The van der Waals surface area contributed by atoms with Gasteiger partial charge in [-0.15, -0.1) is 0 Å². The third-order valence-corrected chi connectivity index (χ3v) is 8.88. The van der Waals surface area contributed by atoms with Gasteiger partial charge in [-0.1, -0.05) is 6.07 Å². The van der Waals surface area contributed by atoms with Crippen LogP contribution in [-0.4, -0.2) is 48.6 Å². The standard InChI is InChI=1S/C23H25F3N4O4S/c1-34-9-8-30-13-17(12-28-30)15-3-5-20(19(11-15)23(24,25)26)35(32,33)18-4-2-16(10-18)21(31)29-22(14-27)6-7-22/h3,5,11-13,16,18H,2,4,6-10H2,1H3,(H,29,31)/t16-,18-/m1/s1. The number of nitrogens with zero attached hydrogens (tertiary/aromatic N) is 3. The van der Waals surface area contributed by atoms with Gasteiger partial charge in [0.15, 0.2) is 9.84 Å². The number of carbonyl (C=O) groups is 1. The van der Waals surface area contributed by atoms with E-state index in [1.807, 2.05) is 6.07 Å². The summed E-state index contributed by atoms with van der Waals surface area (Å²) in [7, 11) is -2.84. The molecule has 35 heavy (non-hydrogen) atoms. The van der Waals surface area contributed by atoms with E-state index in [2.05, 4.69) is 10.4 Å². The van der Waals surface area contributed by atoms with Crippen LogP contribution in [0.5, 0.6) is 0 Å². The summed E-state index contributed by atoms with van der Waals surface area (Å²) in [5, 5.41) is 14.8. The van der Waals surface area contributed by atoms with Crippen LogP contribution in [0.25, 0.3) is 11.1 Å². The Bertz CT molecular complexity index is 1260. The monoisotopic (exact) mass is 510 g/mol. The van der Waals surface area contributed by atoms with Crippen LogP contribution in [0.3, 0.4) is 0 Å². The zero-order valence-corrected chi connectivity index (χ0v) is 19.8. The van der Waals surface area contributed by atoms with E-state index < -0.39 is 49.1 Å². The molecule has 2 atom stereocenters. The highest BCUT2D eigenvalue weighted by atomic mass is 32.2. The maximum atomic E-state index is 14.0. The molecule has 0 unspecified atom stereocenters. The van der Waals surface area contributed by atoms with Crippen LogP contribution in [0.1, 0.15) is 37.7 Å². The summed E-state index contributed by atoms with van der Waals surface area (Å²) in [6.45, 7) is 0.797. The van der Waals surface area contributed by atoms with E-state index in [9.17, 15) is 26.4 Å². The van der Waals surface area contributed by atoms with Gasteiger partial charge in [-0.2, -0.15) is 23.5 Å². The summed E-state index contributed by atoms with van der Waals surface area (Å²) >= 11 is 0. The highest BCUT2D eigenvalue weighted by molar-refractivity contribution is 7.92. The van der Waals surface area contributed by atoms with Crippen molar-refractivity contribution < 1.29 is 31.1 Å². The number of nitriles is 1. The van der Waals surface area contributed by atoms with Crippen molar-refractivity contribution >= 4 is 15.7 Å². The lowest BCUT2D eigenvalue weighted by Gasteiger charge is -2.18. The van der Waals surface area contributed by atoms with E-state index in [0.717, 1.165) is 12.1 Å². The fourth-order valence-corrected chi connectivity index (χ4v) is 6.40. The van der Waals surface area contributed by atoms with Crippen molar-refractivity contribution in [1.29, 1.82) is 5.26 Å². The van der Waals surface area contributed by atoms with Gasteiger partial charge in [-0.05, 0) is 49.8 Å². The van der Waals surface area contributed by atoms with E-state index in [-0.39, 0.29) is 24.8 Å². The van der Waals surface area contributed by atoms with Gasteiger partial charge in [0.1, 0.15) is 5.54 Å². The minimum atomic E-state index is -4.90. The normalized spacial score (nSPS) is 21.5. The van der Waals surface area contributed by atoms with Gasteiger partial charge in [-0.3, -0.25) is 9.48 Å². The molecule has 0 saturated heterocycles. The van der Waals surface area contributed by atoms with Gasteiger partial charge in [0.25, 0.3) is 0 Å². The maximum absolute atomic E-state index is 14.0. The van der Waals surface area contributed by atoms with E-state index in [4.69, 9.17) is 10.00 Å². The number of benzene rings is 1. The van der Waals surface area contributed by atoms with Crippen LogP contribution >= 0.6 is 0 Å². The smallest absolute Gasteiger partial charge is 0.383 e. The Hall–Kier alpha value is -2.91. The molecule has 0 radical (unpaired) electrons. The van der Waals surface area contributed by atoms with Gasteiger partial charge in [0, 0.05) is 24.8 Å². The second-order valence-electron chi connectivity index (χ2n) is 9.05. The van der Waals surface area contributed by atoms with Gasteiger partial charge in [0.2, 0.25) is 5.91 Å². The molecular weight excluding hydrogens is 485 g/mol. The first-order valence-corrected chi connectivity index (χ1v) is 12.7. The molecule has 2 aromatic rings. The number of alkyl halides is 3. The fraction of sp³-hybridized carbons (Fsp3) is 0.522. The molecule has 2 aliphatic carbocycles. The molecule has 1 amide bonds. The number of carbonyl (C=O) groups excluding carboxylic acids is 1. The summed E-state index contributed by atoms with van der Waals surface area (Å²) in [4.78, 5) is 11.7. The number of sulfone groups is 1. The van der Waals surface area contributed by atoms with Gasteiger partial charge in [0.05, 0.1) is 41.1 Å². The number of aromatic nitrogens is 2. The minimum absolute atomic E-state index is 0.0747. The average Bonchev–Trinajstić information content (AvgIpc) is 3.21. The second-order valence-corrected chi connectivity index (χ2v) is 11.3. The Labute approximate surface area is 201 Å². The van der Waals surface area contributed by atoms with E-state index in [0.29, 0.717) is 31.6 Å². The summed E-state index contributed by atoms with van der Waals surface area (Å²) in [5.74, 6) is -1.08. The molecule has 1 aromatic carbocycles. The molecule has 12 heteroatoms. The van der Waals surface area contributed by atoms with Crippen molar-refractivity contribution in [3.8, 4) is 17.2 Å². The quantitative estimate of drug-likeness (QED) is 0.583. The Balaban J connectivity index is 1.58. The molecule has 2 fully saturated rings. The van der Waals surface area contributed by atoms with Crippen LogP contribution < -0.4 is 5.32 Å². The predicted octanol–water partition coefficient (Wildman–Crippen LogP) is 3.33. The molecule has 2 aliphatic rings. The number of hydrogen-bond acceptors (Lipinski definition) is 6. The number of nitrogens with one attached hydrogen (secondary N) is 1. The van der Waals surface area contributed by atoms with Gasteiger partial charge >= 0.3 is 6.18 Å². The fourth-order valence-electron chi connectivity index (χ4n) is 4.37. The number of methoxy groups -OCH3 is 1. The van der Waals surface area contributed by atoms with Crippen LogP contribution in [0.15, 0.2) is 35.5 Å². The van der Waals surface area contributed by atoms with E-state index in [1.165, 1.54) is 24.1 Å². The van der Waals surface area contributed by atoms with Crippen molar-refractivity contribution in [2.45, 2.75) is 60.5 Å². The highest BCUT2D eigenvalue weighted by Crippen LogP contribution is 2.42. The van der Waals surface area contributed by atoms with Crippen molar-refractivity contribution in [2.75, 3.05) is 13.7 Å². The molecule has 0 spiro atoms. The summed E-state index contributed by atoms with van der Waals surface area (Å²) < 4.78 is 75.0. The summed E-state index contributed by atoms with van der Waals surface area (Å²) in [6, 6.07) is 5.19. The Morgan fingerprint density at radius 3 is 2.69 bits per heavy atom. The zero-order chi connectivity index (χ0) is 25.4. The topological polar surface area (TPSA) is 114 Å². The first-order valence-electron chi connectivity index (χ1n) is 11.2. The zero-order valence-electron chi connectivity index (χ0n) is 19.0. The molecule has 188 valence electrons. The molecule has 1 heterocycles. The number of rotatable bonds is 8. The lowest BCUT2D eigenvalue weighted by atomic mass is 10.1. The predicted molar refractivity (Wildman–Crippen MR) is 119 cm³/mol. The number of ether oxygens (including phenoxy) is 1. The minimum Gasteiger partial charge on any atom is -0.383 e. The molecule has 2 saturated carbocycles. The van der Waals surface area contributed by atoms with Gasteiger partial charge < -0.3 is 10.1 Å². The van der Waals surface area contributed by atoms with Crippen LogP contribution in [0.4, 0.5) is 13.2 Å². The van der Waals surface area contributed by atoms with Crippen molar-refractivity contribution in [1.82, 2.24) is 15.1 Å². The van der Waals surface area contributed by atoms with E-state index in [1.54, 1.807) is 6.20 Å². The van der Waals surface area contributed by atoms with Crippen molar-refractivity contribution in [2.24, 2.45) is 5.92 Å². The largest absolute Gasteiger partial charge is 0.417 e. The number of amides is 1. The maximum Gasteiger partial charge on any atom is 0.417 e. The average molecular weight is 511 g/mol. The third kappa shape index (κ3) is 5.21.